The van der Waals surface area contributed by atoms with Gasteiger partial charge >= 0.3 is 5.97 Å². The number of hydrogen-bond donors (Lipinski definition) is 2. The predicted octanol–water partition coefficient (Wildman–Crippen LogP) is 4.43. The van der Waals surface area contributed by atoms with Gasteiger partial charge in [-0.3, -0.25) is 4.79 Å². The number of carbonyl (C=O) groups is 1. The highest BCUT2D eigenvalue weighted by molar-refractivity contribution is 5.85. The van der Waals surface area contributed by atoms with E-state index in [0.29, 0.717) is 11.8 Å². The number of aromatic amines is 1. The molecule has 0 fully saturated rings. The Balaban J connectivity index is 0.000000405. The van der Waals surface area contributed by atoms with Crippen LogP contribution in [0.5, 0.6) is 0 Å². The lowest BCUT2D eigenvalue weighted by Gasteiger charge is -2.03. The summed E-state index contributed by atoms with van der Waals surface area (Å²) in [6.45, 7) is 12.1. The van der Waals surface area contributed by atoms with E-state index in [4.69, 9.17) is 5.11 Å². The molecule has 0 atom stereocenters. The molecular formula is C19H28N2O3. The van der Waals surface area contributed by atoms with Crippen LogP contribution in [0.2, 0.25) is 0 Å². The molecule has 0 bridgehead atoms. The number of nitrogens with zero attached hydrogens (tertiary/aromatic N) is 1. The molecule has 2 aromatic heterocycles. The van der Waals surface area contributed by atoms with E-state index in [0.717, 1.165) is 11.1 Å². The van der Waals surface area contributed by atoms with Crippen molar-refractivity contribution >= 4 is 5.97 Å². The highest BCUT2D eigenvalue weighted by Gasteiger charge is 2.04. The van der Waals surface area contributed by atoms with Gasteiger partial charge in [0.1, 0.15) is 5.69 Å². The van der Waals surface area contributed by atoms with Crippen molar-refractivity contribution in [2.24, 2.45) is 0 Å². The summed E-state index contributed by atoms with van der Waals surface area (Å²) in [5.74, 6) is -0.282. The van der Waals surface area contributed by atoms with Gasteiger partial charge in [0.05, 0.1) is 0 Å². The van der Waals surface area contributed by atoms with Crippen LogP contribution in [0, 0.1) is 0 Å². The van der Waals surface area contributed by atoms with Crippen LogP contribution in [0.25, 0.3) is 0 Å². The number of carboxylic acids is 1. The summed E-state index contributed by atoms with van der Waals surface area (Å²) in [6.07, 6.45) is 5.01. The fourth-order valence-corrected chi connectivity index (χ4v) is 1.75. The summed E-state index contributed by atoms with van der Waals surface area (Å²) >= 11 is 0. The Morgan fingerprint density at radius 2 is 1.71 bits per heavy atom. The van der Waals surface area contributed by atoms with E-state index in [-0.39, 0.29) is 11.1 Å². The van der Waals surface area contributed by atoms with Crippen LogP contribution in [-0.2, 0) is 0 Å². The third-order valence-corrected chi connectivity index (χ3v) is 3.15. The Kier molecular flexibility index (Phi) is 10.0. The Hall–Kier alpha value is -2.43. The molecule has 0 radical (unpaired) electrons. The molecule has 5 nitrogen and oxygen atoms in total. The highest BCUT2D eigenvalue weighted by atomic mass is 16.4. The van der Waals surface area contributed by atoms with E-state index in [1.54, 1.807) is 30.7 Å². The first kappa shape index (κ1) is 21.6. The van der Waals surface area contributed by atoms with Crippen molar-refractivity contribution in [3.63, 3.8) is 0 Å². The molecule has 2 rings (SSSR count). The van der Waals surface area contributed by atoms with E-state index < -0.39 is 5.97 Å². The van der Waals surface area contributed by atoms with E-state index in [1.807, 2.05) is 41.5 Å². The lowest BCUT2D eigenvalue weighted by Crippen LogP contribution is -2.08. The number of aromatic carboxylic acids is 1. The number of hydrogen-bond acceptors (Lipinski definition) is 3. The first-order valence-corrected chi connectivity index (χ1v) is 8.19. The van der Waals surface area contributed by atoms with Crippen LogP contribution in [0.1, 0.15) is 75.0 Å². The smallest absolute Gasteiger partial charge is 0.354 e. The Bertz CT molecular complexity index is 659. The molecule has 5 heteroatoms. The van der Waals surface area contributed by atoms with Crippen molar-refractivity contribution in [2.75, 3.05) is 0 Å². The lowest BCUT2D eigenvalue weighted by atomic mass is 10.1. The Morgan fingerprint density at radius 1 is 1.08 bits per heavy atom. The molecule has 0 aromatic carbocycles. The normalized spacial score (nSPS) is 9.67. The van der Waals surface area contributed by atoms with E-state index in [9.17, 15) is 9.59 Å². The summed E-state index contributed by atoms with van der Waals surface area (Å²) in [7, 11) is 0. The molecule has 0 aliphatic carbocycles. The van der Waals surface area contributed by atoms with Gasteiger partial charge in [-0.05, 0) is 23.5 Å². The van der Waals surface area contributed by atoms with Crippen molar-refractivity contribution in [1.29, 1.82) is 0 Å². The molecule has 0 saturated carbocycles. The van der Waals surface area contributed by atoms with Crippen molar-refractivity contribution in [3.05, 3.63) is 63.8 Å². The molecule has 0 aliphatic rings. The minimum Gasteiger partial charge on any atom is -0.477 e. The second kappa shape index (κ2) is 11.2. The Morgan fingerprint density at radius 3 is 2.04 bits per heavy atom. The quantitative estimate of drug-likeness (QED) is 0.871. The summed E-state index contributed by atoms with van der Waals surface area (Å²) in [6, 6.07) is 4.87. The minimum atomic E-state index is -0.981. The van der Waals surface area contributed by atoms with Gasteiger partial charge in [-0.1, -0.05) is 47.6 Å². The van der Waals surface area contributed by atoms with E-state index in [2.05, 4.69) is 9.97 Å². The van der Waals surface area contributed by atoms with Gasteiger partial charge in [-0.15, -0.1) is 0 Å². The zero-order valence-electron chi connectivity index (χ0n) is 15.3. The Labute approximate surface area is 143 Å². The second-order valence-electron chi connectivity index (χ2n) is 5.56. The summed E-state index contributed by atoms with van der Waals surface area (Å²) in [5, 5.41) is 8.55. The van der Waals surface area contributed by atoms with Crippen molar-refractivity contribution in [2.45, 2.75) is 53.4 Å². The molecule has 2 aromatic rings. The monoisotopic (exact) mass is 332 g/mol. The van der Waals surface area contributed by atoms with E-state index >= 15 is 0 Å². The molecule has 0 saturated heterocycles. The molecule has 2 heterocycles. The largest absolute Gasteiger partial charge is 0.477 e. The predicted molar refractivity (Wildman–Crippen MR) is 97.8 cm³/mol. The maximum Gasteiger partial charge on any atom is 0.354 e. The average Bonchev–Trinajstić information content (AvgIpc) is 2.57. The zero-order chi connectivity index (χ0) is 18.7. The standard InChI is InChI=1S/C9H11NO2.C8H11NO.C2H6/c1-6(2)7-3-4-8(9(11)12)10-5-7;1-6(2)7-5-9-4-3-8(7)10;1-2/h3-6H,1-2H3,(H,11,12);3-6H,1-2H3,(H,9,10);1-2H3. The molecule has 0 aliphatic heterocycles. The molecular weight excluding hydrogens is 304 g/mol. The first-order chi connectivity index (χ1) is 11.3. The number of pyridine rings is 2. The summed E-state index contributed by atoms with van der Waals surface area (Å²) < 4.78 is 0. The van der Waals surface area contributed by atoms with Crippen LogP contribution in [0.3, 0.4) is 0 Å². The van der Waals surface area contributed by atoms with Crippen molar-refractivity contribution < 1.29 is 9.90 Å². The lowest BCUT2D eigenvalue weighted by molar-refractivity contribution is 0.0690. The number of aromatic nitrogens is 2. The highest BCUT2D eigenvalue weighted by Crippen LogP contribution is 2.12. The van der Waals surface area contributed by atoms with Gasteiger partial charge in [-0.25, -0.2) is 9.78 Å². The fourth-order valence-electron chi connectivity index (χ4n) is 1.75. The van der Waals surface area contributed by atoms with E-state index in [1.165, 1.54) is 6.07 Å². The minimum absolute atomic E-state index is 0.0967. The third-order valence-electron chi connectivity index (χ3n) is 3.15. The van der Waals surface area contributed by atoms with Gasteiger partial charge < -0.3 is 10.1 Å². The van der Waals surface area contributed by atoms with Crippen LogP contribution in [0.4, 0.5) is 0 Å². The molecule has 0 unspecified atom stereocenters. The van der Waals surface area contributed by atoms with Gasteiger partial charge in [-0.2, -0.15) is 0 Å². The van der Waals surface area contributed by atoms with Crippen LogP contribution < -0.4 is 5.43 Å². The van der Waals surface area contributed by atoms with Gasteiger partial charge in [0.2, 0.25) is 0 Å². The molecule has 0 amide bonds. The zero-order valence-corrected chi connectivity index (χ0v) is 15.3. The third kappa shape index (κ3) is 7.22. The molecule has 132 valence electrons. The second-order valence-corrected chi connectivity index (χ2v) is 5.56. The number of rotatable bonds is 3. The molecule has 24 heavy (non-hydrogen) atoms. The first-order valence-electron chi connectivity index (χ1n) is 8.19. The maximum atomic E-state index is 11.0. The number of carboxylic acid groups (broad SMARTS) is 1. The number of H-pyrrole nitrogens is 1. The topological polar surface area (TPSA) is 83.0 Å². The fraction of sp³-hybridized carbons (Fsp3) is 0.421. The summed E-state index contributed by atoms with van der Waals surface area (Å²) in [4.78, 5) is 28.1. The van der Waals surface area contributed by atoms with Crippen LogP contribution in [0.15, 0.2) is 41.6 Å². The summed E-state index contributed by atoms with van der Waals surface area (Å²) in [5.41, 5.74) is 2.12. The molecule has 2 N–H and O–H groups in total. The average molecular weight is 332 g/mol. The number of nitrogens with one attached hydrogen (secondary N) is 1. The van der Waals surface area contributed by atoms with Gasteiger partial charge in [0, 0.05) is 30.2 Å². The van der Waals surface area contributed by atoms with Crippen LogP contribution in [-0.4, -0.2) is 21.0 Å². The SMILES string of the molecule is CC.CC(C)c1c[nH]ccc1=O.CC(C)c1ccc(C(=O)O)nc1. The van der Waals surface area contributed by atoms with Crippen molar-refractivity contribution in [3.8, 4) is 0 Å². The van der Waals surface area contributed by atoms with Gasteiger partial charge in [0.25, 0.3) is 0 Å². The maximum absolute atomic E-state index is 11.0. The molecule has 0 spiro atoms. The van der Waals surface area contributed by atoms with Crippen LogP contribution >= 0.6 is 0 Å². The van der Waals surface area contributed by atoms with Crippen molar-refractivity contribution in [1.82, 2.24) is 9.97 Å². The van der Waals surface area contributed by atoms with Gasteiger partial charge in [0.15, 0.2) is 5.43 Å².